The fourth-order valence-electron chi connectivity index (χ4n) is 3.19. The molecule has 0 spiro atoms. The quantitative estimate of drug-likeness (QED) is 0.648. The van der Waals surface area contributed by atoms with Crippen LogP contribution in [0.5, 0.6) is 5.75 Å². The molecule has 1 unspecified atom stereocenters. The third-order valence-electron chi connectivity index (χ3n) is 4.70. The van der Waals surface area contributed by atoms with Crippen molar-refractivity contribution in [2.45, 2.75) is 19.4 Å². The molecule has 0 aliphatic carbocycles. The monoisotopic (exact) mass is 353 g/mol. The zero-order chi connectivity index (χ0) is 17.9. The Morgan fingerprint density at radius 2 is 2.27 bits per heavy atom. The van der Waals surface area contributed by atoms with E-state index in [4.69, 9.17) is 9.72 Å². The molecule has 3 aromatic rings. The molecule has 1 aromatic carbocycles. The number of ether oxygens (including phenoxy) is 1. The predicted octanol–water partition coefficient (Wildman–Crippen LogP) is 2.29. The number of hydrogen-bond donors (Lipinski definition) is 3. The van der Waals surface area contributed by atoms with Gasteiger partial charge in [-0.05, 0) is 24.6 Å². The van der Waals surface area contributed by atoms with Gasteiger partial charge in [-0.15, -0.1) is 0 Å². The number of rotatable bonds is 5. The van der Waals surface area contributed by atoms with E-state index in [9.17, 15) is 0 Å². The molecule has 0 radical (unpaired) electrons. The second kappa shape index (κ2) is 7.17. The third kappa shape index (κ3) is 3.28. The zero-order valence-corrected chi connectivity index (χ0v) is 15.0. The third-order valence-corrected chi connectivity index (χ3v) is 4.70. The van der Waals surface area contributed by atoms with Crippen LogP contribution in [0.1, 0.15) is 13.3 Å². The first kappa shape index (κ1) is 16.6. The lowest BCUT2D eigenvalue weighted by molar-refractivity contribution is 0.411. The summed E-state index contributed by atoms with van der Waals surface area (Å²) in [4.78, 5) is 11.4. The zero-order valence-electron chi connectivity index (χ0n) is 15.0. The number of fused-ring (bicyclic) bond motifs is 1. The van der Waals surface area contributed by atoms with Crippen LogP contribution in [0.4, 0.5) is 17.5 Å². The van der Waals surface area contributed by atoms with Crippen LogP contribution in [-0.4, -0.2) is 53.0 Å². The molecule has 0 bridgehead atoms. The molecule has 2 aromatic heterocycles. The van der Waals surface area contributed by atoms with Crippen LogP contribution in [-0.2, 0) is 0 Å². The summed E-state index contributed by atoms with van der Waals surface area (Å²) in [5.41, 5.74) is 1.92. The standard InChI is InChI=1S/C18H23N7O/c1-3-13-11-25(7-6-19-13)18-20-10-16(26-2)17(23-18)22-14-4-5-15-12(8-14)9-21-24-15/h4-5,8-10,13,19H,3,6-7,11H2,1-2H3,(H,21,24)(H,20,22,23). The molecule has 3 N–H and O–H groups in total. The van der Waals surface area contributed by atoms with Gasteiger partial charge in [0.2, 0.25) is 5.95 Å². The van der Waals surface area contributed by atoms with Crippen molar-refractivity contribution < 1.29 is 4.74 Å². The normalized spacial score (nSPS) is 17.5. The van der Waals surface area contributed by atoms with Crippen molar-refractivity contribution in [1.29, 1.82) is 0 Å². The first-order valence-corrected chi connectivity index (χ1v) is 8.86. The molecule has 8 heteroatoms. The lowest BCUT2D eigenvalue weighted by atomic mass is 10.2. The first-order valence-electron chi connectivity index (χ1n) is 8.86. The van der Waals surface area contributed by atoms with E-state index in [1.165, 1.54) is 0 Å². The van der Waals surface area contributed by atoms with Crippen LogP contribution in [0.15, 0.2) is 30.6 Å². The van der Waals surface area contributed by atoms with Crippen LogP contribution < -0.4 is 20.3 Å². The summed E-state index contributed by atoms with van der Waals surface area (Å²) in [7, 11) is 1.63. The maximum absolute atomic E-state index is 5.44. The molecular formula is C18H23N7O. The molecule has 1 aliphatic heterocycles. The van der Waals surface area contributed by atoms with E-state index in [-0.39, 0.29) is 0 Å². The van der Waals surface area contributed by atoms with E-state index >= 15 is 0 Å². The van der Waals surface area contributed by atoms with Gasteiger partial charge in [0.05, 0.1) is 25.0 Å². The van der Waals surface area contributed by atoms with Crippen molar-refractivity contribution in [3.8, 4) is 5.75 Å². The number of nitrogens with one attached hydrogen (secondary N) is 3. The SMILES string of the molecule is CCC1CN(c2ncc(OC)c(Nc3ccc4[nH]ncc4c3)n2)CCN1. The molecule has 1 fully saturated rings. The van der Waals surface area contributed by atoms with Gasteiger partial charge in [-0.25, -0.2) is 4.98 Å². The molecule has 4 rings (SSSR count). The Labute approximate surface area is 152 Å². The van der Waals surface area contributed by atoms with E-state index in [1.807, 2.05) is 18.2 Å². The molecule has 0 amide bonds. The summed E-state index contributed by atoms with van der Waals surface area (Å²) in [6.45, 7) is 4.93. The highest BCUT2D eigenvalue weighted by molar-refractivity contribution is 5.83. The number of methoxy groups -OCH3 is 1. The molecule has 8 nitrogen and oxygen atoms in total. The van der Waals surface area contributed by atoms with Gasteiger partial charge >= 0.3 is 0 Å². The Morgan fingerprint density at radius 1 is 1.35 bits per heavy atom. The minimum Gasteiger partial charge on any atom is -0.491 e. The van der Waals surface area contributed by atoms with Gasteiger partial charge in [-0.3, -0.25) is 5.10 Å². The summed E-state index contributed by atoms with van der Waals surface area (Å²) in [6.07, 6.45) is 4.61. The van der Waals surface area contributed by atoms with Crippen LogP contribution in [0.2, 0.25) is 0 Å². The molecule has 1 aliphatic rings. The second-order valence-corrected chi connectivity index (χ2v) is 6.39. The number of aromatic amines is 1. The van der Waals surface area contributed by atoms with Crippen molar-refractivity contribution in [3.05, 3.63) is 30.6 Å². The highest BCUT2D eigenvalue weighted by Gasteiger charge is 2.21. The second-order valence-electron chi connectivity index (χ2n) is 6.39. The summed E-state index contributed by atoms with van der Waals surface area (Å²) in [6, 6.07) is 6.47. The van der Waals surface area contributed by atoms with Gasteiger partial charge in [0.25, 0.3) is 0 Å². The van der Waals surface area contributed by atoms with Crippen molar-refractivity contribution in [1.82, 2.24) is 25.5 Å². The van der Waals surface area contributed by atoms with Gasteiger partial charge in [-0.2, -0.15) is 10.1 Å². The van der Waals surface area contributed by atoms with Gasteiger partial charge in [0.1, 0.15) is 0 Å². The fraction of sp³-hybridized carbons (Fsp3) is 0.389. The topological polar surface area (TPSA) is 91.0 Å². The fourth-order valence-corrected chi connectivity index (χ4v) is 3.19. The van der Waals surface area contributed by atoms with Gasteiger partial charge < -0.3 is 20.3 Å². The summed E-state index contributed by atoms with van der Waals surface area (Å²) in [5.74, 6) is 1.99. The Hall–Kier alpha value is -2.87. The maximum atomic E-state index is 5.44. The number of hydrogen-bond acceptors (Lipinski definition) is 7. The lowest BCUT2D eigenvalue weighted by Crippen LogP contribution is -2.51. The lowest BCUT2D eigenvalue weighted by Gasteiger charge is -2.33. The number of aromatic nitrogens is 4. The summed E-state index contributed by atoms with van der Waals surface area (Å²) >= 11 is 0. The van der Waals surface area contributed by atoms with Crippen LogP contribution >= 0.6 is 0 Å². The summed E-state index contributed by atoms with van der Waals surface area (Å²) in [5, 5.41) is 14.9. The van der Waals surface area contributed by atoms with Gasteiger partial charge in [0, 0.05) is 36.7 Å². The Morgan fingerprint density at radius 3 is 3.12 bits per heavy atom. The van der Waals surface area contributed by atoms with E-state index in [0.717, 1.165) is 48.6 Å². The minimum atomic E-state index is 0.467. The van der Waals surface area contributed by atoms with E-state index in [2.05, 4.69) is 37.6 Å². The summed E-state index contributed by atoms with van der Waals surface area (Å²) < 4.78 is 5.44. The van der Waals surface area contributed by atoms with E-state index in [0.29, 0.717) is 17.6 Å². The van der Waals surface area contributed by atoms with Crippen molar-refractivity contribution in [2.75, 3.05) is 37.0 Å². The number of H-pyrrole nitrogens is 1. The predicted molar refractivity (Wildman–Crippen MR) is 102 cm³/mol. The number of nitrogens with zero attached hydrogens (tertiary/aromatic N) is 4. The van der Waals surface area contributed by atoms with Crippen molar-refractivity contribution >= 4 is 28.4 Å². The highest BCUT2D eigenvalue weighted by atomic mass is 16.5. The Kier molecular flexibility index (Phi) is 4.57. The van der Waals surface area contributed by atoms with Crippen molar-refractivity contribution in [2.24, 2.45) is 0 Å². The van der Waals surface area contributed by atoms with E-state index < -0.39 is 0 Å². The Bertz CT molecular complexity index is 894. The molecule has 3 heterocycles. The molecular weight excluding hydrogens is 330 g/mol. The van der Waals surface area contributed by atoms with Crippen molar-refractivity contribution in [3.63, 3.8) is 0 Å². The largest absolute Gasteiger partial charge is 0.491 e. The molecule has 136 valence electrons. The number of piperazine rings is 1. The molecule has 26 heavy (non-hydrogen) atoms. The van der Waals surface area contributed by atoms with Crippen LogP contribution in [0.3, 0.4) is 0 Å². The number of anilines is 3. The van der Waals surface area contributed by atoms with Gasteiger partial charge in [-0.1, -0.05) is 6.92 Å². The average molecular weight is 353 g/mol. The molecule has 1 atom stereocenters. The molecule has 0 saturated carbocycles. The average Bonchev–Trinajstić information content (AvgIpc) is 3.16. The maximum Gasteiger partial charge on any atom is 0.227 e. The van der Waals surface area contributed by atoms with E-state index in [1.54, 1.807) is 19.5 Å². The Balaban J connectivity index is 1.61. The highest BCUT2D eigenvalue weighted by Crippen LogP contribution is 2.28. The molecule has 1 saturated heterocycles. The first-order chi connectivity index (χ1) is 12.8. The van der Waals surface area contributed by atoms with Crippen LogP contribution in [0, 0.1) is 0 Å². The van der Waals surface area contributed by atoms with Gasteiger partial charge in [0.15, 0.2) is 11.6 Å². The minimum absolute atomic E-state index is 0.467. The van der Waals surface area contributed by atoms with Crippen LogP contribution in [0.25, 0.3) is 10.9 Å². The smallest absolute Gasteiger partial charge is 0.227 e. The number of benzene rings is 1.